The van der Waals surface area contributed by atoms with E-state index in [9.17, 15) is 4.79 Å². The van der Waals surface area contributed by atoms with E-state index in [0.717, 1.165) is 24.2 Å². The van der Waals surface area contributed by atoms with Crippen molar-refractivity contribution < 1.29 is 19.0 Å². The number of carbonyl (C=O) groups is 1. The minimum absolute atomic E-state index is 0.237. The SMILES string of the molecule is CCOc1cc(/C=C2/NC(=S)N(c3ccccc3OC)C2=O)ccc1OC1CCCC1. The molecule has 2 fully saturated rings. The molecule has 31 heavy (non-hydrogen) atoms. The number of thiocarbonyl (C=S) groups is 1. The van der Waals surface area contributed by atoms with Crippen molar-refractivity contribution in [2.75, 3.05) is 18.6 Å². The van der Waals surface area contributed by atoms with Gasteiger partial charge >= 0.3 is 0 Å². The van der Waals surface area contributed by atoms with Gasteiger partial charge in [-0.05, 0) is 80.7 Å². The van der Waals surface area contributed by atoms with Crippen LogP contribution in [0.5, 0.6) is 17.2 Å². The molecule has 0 spiro atoms. The number of benzene rings is 2. The number of anilines is 1. The highest BCUT2D eigenvalue weighted by Crippen LogP contribution is 2.34. The quantitative estimate of drug-likeness (QED) is 0.500. The molecule has 0 atom stereocenters. The normalized spacial score (nSPS) is 17.9. The first kappa shape index (κ1) is 21.2. The van der Waals surface area contributed by atoms with Crippen molar-refractivity contribution >= 4 is 35.0 Å². The van der Waals surface area contributed by atoms with Crippen LogP contribution < -0.4 is 24.4 Å². The Morgan fingerprint density at radius 3 is 2.65 bits per heavy atom. The van der Waals surface area contributed by atoms with E-state index in [0.29, 0.717) is 34.6 Å². The fraction of sp³-hybridized carbons (Fsp3) is 0.333. The summed E-state index contributed by atoms with van der Waals surface area (Å²) in [5.41, 5.74) is 1.82. The number of carbonyl (C=O) groups excluding carboxylic acids is 1. The van der Waals surface area contributed by atoms with E-state index in [1.807, 2.05) is 37.3 Å². The first-order valence-corrected chi connectivity index (χ1v) is 10.9. The van der Waals surface area contributed by atoms with Crippen LogP contribution in [0, 0.1) is 0 Å². The summed E-state index contributed by atoms with van der Waals surface area (Å²) >= 11 is 5.42. The van der Waals surface area contributed by atoms with Crippen LogP contribution in [-0.2, 0) is 4.79 Å². The molecule has 1 aliphatic heterocycles. The highest BCUT2D eigenvalue weighted by atomic mass is 32.1. The van der Waals surface area contributed by atoms with Gasteiger partial charge in [0.25, 0.3) is 5.91 Å². The van der Waals surface area contributed by atoms with Crippen LogP contribution in [0.15, 0.2) is 48.2 Å². The monoisotopic (exact) mass is 438 g/mol. The van der Waals surface area contributed by atoms with Gasteiger partial charge in [0, 0.05) is 0 Å². The molecule has 0 bridgehead atoms. The van der Waals surface area contributed by atoms with Gasteiger partial charge < -0.3 is 19.5 Å². The lowest BCUT2D eigenvalue weighted by Crippen LogP contribution is -2.30. The van der Waals surface area contributed by atoms with E-state index >= 15 is 0 Å². The van der Waals surface area contributed by atoms with Gasteiger partial charge in [-0.2, -0.15) is 0 Å². The van der Waals surface area contributed by atoms with Crippen molar-refractivity contribution in [3.63, 3.8) is 0 Å². The average Bonchev–Trinajstić information content (AvgIpc) is 3.38. The number of amides is 1. The summed E-state index contributed by atoms with van der Waals surface area (Å²) in [6.07, 6.45) is 6.57. The predicted octanol–water partition coefficient (Wildman–Crippen LogP) is 4.68. The highest BCUT2D eigenvalue weighted by Gasteiger charge is 2.33. The van der Waals surface area contributed by atoms with Crippen LogP contribution in [0.4, 0.5) is 5.69 Å². The van der Waals surface area contributed by atoms with E-state index < -0.39 is 0 Å². The van der Waals surface area contributed by atoms with Crippen molar-refractivity contribution in [1.29, 1.82) is 0 Å². The van der Waals surface area contributed by atoms with Crippen LogP contribution in [0.25, 0.3) is 6.08 Å². The molecule has 1 heterocycles. The molecule has 1 saturated heterocycles. The van der Waals surface area contributed by atoms with Crippen molar-refractivity contribution in [3.05, 3.63) is 53.7 Å². The number of ether oxygens (including phenoxy) is 3. The summed E-state index contributed by atoms with van der Waals surface area (Å²) in [5.74, 6) is 1.76. The molecule has 0 unspecified atom stereocenters. The maximum atomic E-state index is 13.1. The van der Waals surface area contributed by atoms with Crippen molar-refractivity contribution in [2.45, 2.75) is 38.7 Å². The van der Waals surface area contributed by atoms with Crippen molar-refractivity contribution in [1.82, 2.24) is 5.32 Å². The first-order valence-electron chi connectivity index (χ1n) is 10.5. The van der Waals surface area contributed by atoms with E-state index in [1.54, 1.807) is 25.3 Å². The van der Waals surface area contributed by atoms with Gasteiger partial charge in [0.1, 0.15) is 11.4 Å². The van der Waals surface area contributed by atoms with Gasteiger partial charge in [0.05, 0.1) is 25.5 Å². The topological polar surface area (TPSA) is 60.0 Å². The van der Waals surface area contributed by atoms with E-state index in [2.05, 4.69) is 5.32 Å². The second-order valence-corrected chi connectivity index (χ2v) is 7.85. The molecule has 4 rings (SSSR count). The zero-order chi connectivity index (χ0) is 21.8. The molecule has 1 N–H and O–H groups in total. The maximum absolute atomic E-state index is 13.1. The lowest BCUT2D eigenvalue weighted by atomic mass is 10.1. The summed E-state index contributed by atoms with van der Waals surface area (Å²) in [6.45, 7) is 2.47. The summed E-state index contributed by atoms with van der Waals surface area (Å²) in [6, 6.07) is 13.0. The third-order valence-corrected chi connectivity index (χ3v) is 5.66. The number of nitrogens with one attached hydrogen (secondary N) is 1. The molecule has 0 aromatic heterocycles. The van der Waals surface area contributed by atoms with Crippen LogP contribution in [0.1, 0.15) is 38.2 Å². The van der Waals surface area contributed by atoms with Gasteiger partial charge in [0.15, 0.2) is 16.6 Å². The first-order chi connectivity index (χ1) is 15.1. The van der Waals surface area contributed by atoms with Gasteiger partial charge in [-0.25, -0.2) is 4.90 Å². The van der Waals surface area contributed by atoms with E-state index in [4.69, 9.17) is 26.4 Å². The molecule has 7 heteroatoms. The number of rotatable bonds is 7. The summed E-state index contributed by atoms with van der Waals surface area (Å²) in [4.78, 5) is 14.5. The molecule has 1 amide bonds. The Bertz CT molecular complexity index is 1010. The molecule has 2 aliphatic rings. The van der Waals surface area contributed by atoms with Gasteiger partial charge in [-0.1, -0.05) is 18.2 Å². The van der Waals surface area contributed by atoms with Crippen molar-refractivity contribution in [3.8, 4) is 17.2 Å². The largest absolute Gasteiger partial charge is 0.495 e. The van der Waals surface area contributed by atoms with E-state index in [-0.39, 0.29) is 12.0 Å². The molecular formula is C24H26N2O4S. The third kappa shape index (κ3) is 4.51. The molecule has 6 nitrogen and oxygen atoms in total. The standard InChI is InChI=1S/C24H26N2O4S/c1-3-29-22-15-16(12-13-21(22)30-17-8-4-5-9-17)14-18-23(27)26(24(31)25-18)19-10-6-7-11-20(19)28-2/h6-7,10-15,17H,3-5,8-9H2,1-2H3,(H,25,31)/b18-14+. The molecule has 2 aromatic rings. The Balaban J connectivity index is 1.60. The van der Waals surface area contributed by atoms with Crippen molar-refractivity contribution in [2.24, 2.45) is 0 Å². The Hall–Kier alpha value is -3.06. The molecule has 162 valence electrons. The van der Waals surface area contributed by atoms with Crippen LogP contribution in [-0.4, -0.2) is 30.8 Å². The van der Waals surface area contributed by atoms with Gasteiger partial charge in [-0.15, -0.1) is 0 Å². The average molecular weight is 439 g/mol. The predicted molar refractivity (Wildman–Crippen MR) is 125 cm³/mol. The minimum Gasteiger partial charge on any atom is -0.495 e. The molecular weight excluding hydrogens is 412 g/mol. The van der Waals surface area contributed by atoms with Gasteiger partial charge in [-0.3, -0.25) is 4.79 Å². The summed E-state index contributed by atoms with van der Waals surface area (Å²) < 4.78 is 17.3. The number of methoxy groups -OCH3 is 1. The Kier molecular flexibility index (Phi) is 6.42. The number of hydrogen-bond acceptors (Lipinski definition) is 5. The highest BCUT2D eigenvalue weighted by molar-refractivity contribution is 7.80. The summed E-state index contributed by atoms with van der Waals surface area (Å²) in [7, 11) is 1.57. The summed E-state index contributed by atoms with van der Waals surface area (Å²) in [5, 5.41) is 3.33. The lowest BCUT2D eigenvalue weighted by molar-refractivity contribution is -0.113. The number of para-hydroxylation sites is 2. The zero-order valence-electron chi connectivity index (χ0n) is 17.7. The number of hydrogen-bond donors (Lipinski definition) is 1. The van der Waals surface area contributed by atoms with E-state index in [1.165, 1.54) is 17.7 Å². The fourth-order valence-corrected chi connectivity index (χ4v) is 4.19. The third-order valence-electron chi connectivity index (χ3n) is 5.38. The smallest absolute Gasteiger partial charge is 0.281 e. The minimum atomic E-state index is -0.237. The second-order valence-electron chi connectivity index (χ2n) is 7.46. The van der Waals surface area contributed by atoms with Crippen LogP contribution >= 0.6 is 12.2 Å². The molecule has 2 aromatic carbocycles. The Morgan fingerprint density at radius 2 is 1.90 bits per heavy atom. The number of nitrogens with zero attached hydrogens (tertiary/aromatic N) is 1. The molecule has 0 radical (unpaired) electrons. The molecule has 1 aliphatic carbocycles. The second kappa shape index (κ2) is 9.39. The Morgan fingerprint density at radius 1 is 1.13 bits per heavy atom. The molecule has 1 saturated carbocycles. The lowest BCUT2D eigenvalue weighted by Gasteiger charge is -2.17. The van der Waals surface area contributed by atoms with Crippen LogP contribution in [0.2, 0.25) is 0 Å². The zero-order valence-corrected chi connectivity index (χ0v) is 18.5. The van der Waals surface area contributed by atoms with Crippen LogP contribution in [0.3, 0.4) is 0 Å². The fourth-order valence-electron chi connectivity index (χ4n) is 3.90. The maximum Gasteiger partial charge on any atom is 0.281 e. The van der Waals surface area contributed by atoms with Gasteiger partial charge in [0.2, 0.25) is 0 Å². The Labute approximate surface area is 187 Å².